The molecule has 0 saturated heterocycles. The zero-order valence-corrected chi connectivity index (χ0v) is 17.9. The zero-order valence-electron chi connectivity index (χ0n) is 16.3. The van der Waals surface area contributed by atoms with E-state index in [1.807, 2.05) is 67.6 Å². The maximum absolute atomic E-state index is 12.8. The van der Waals surface area contributed by atoms with Crippen molar-refractivity contribution in [3.63, 3.8) is 0 Å². The van der Waals surface area contributed by atoms with E-state index in [0.29, 0.717) is 10.6 Å². The number of anilines is 2. The van der Waals surface area contributed by atoms with Crippen LogP contribution in [-0.2, 0) is 0 Å². The Labute approximate surface area is 184 Å². The van der Waals surface area contributed by atoms with Crippen molar-refractivity contribution in [2.45, 2.75) is 13.0 Å². The first-order valence-electron chi connectivity index (χ1n) is 9.50. The molecule has 2 heterocycles. The number of hydrogen-bond acceptors (Lipinski definition) is 4. The molecule has 0 spiro atoms. The van der Waals surface area contributed by atoms with Crippen LogP contribution in [0.3, 0.4) is 0 Å². The van der Waals surface area contributed by atoms with Crippen LogP contribution < -0.4 is 10.6 Å². The summed E-state index contributed by atoms with van der Waals surface area (Å²) < 4.78 is 0. The Morgan fingerprint density at radius 2 is 1.73 bits per heavy atom. The number of hydrogen-bond donors (Lipinski definition) is 2. The maximum atomic E-state index is 12.8. The minimum absolute atomic E-state index is 0.133. The van der Waals surface area contributed by atoms with Gasteiger partial charge in [-0.05, 0) is 55.0 Å². The van der Waals surface area contributed by atoms with Crippen molar-refractivity contribution in [1.29, 1.82) is 0 Å². The molecular weight excluding hydrogens is 414 g/mol. The number of nitrogens with zero attached hydrogens (tertiary/aromatic N) is 1. The van der Waals surface area contributed by atoms with Gasteiger partial charge in [0.25, 0.3) is 5.91 Å². The second kappa shape index (κ2) is 9.11. The molecule has 2 aromatic carbocycles. The molecule has 1 atom stereocenters. The van der Waals surface area contributed by atoms with Crippen LogP contribution in [0.1, 0.15) is 32.4 Å². The molecule has 0 saturated carbocycles. The molecule has 2 aromatic heterocycles. The molecule has 4 nitrogen and oxygen atoms in total. The smallest absolute Gasteiger partial charge is 0.256 e. The van der Waals surface area contributed by atoms with Gasteiger partial charge >= 0.3 is 0 Å². The highest BCUT2D eigenvalue weighted by Crippen LogP contribution is 2.37. The average Bonchev–Trinajstić information content (AvgIpc) is 3.13. The third kappa shape index (κ3) is 4.70. The monoisotopic (exact) mass is 433 g/mol. The van der Waals surface area contributed by atoms with Gasteiger partial charge in [-0.1, -0.05) is 48.0 Å². The van der Waals surface area contributed by atoms with Crippen LogP contribution in [-0.4, -0.2) is 10.9 Å². The third-order valence-electron chi connectivity index (χ3n) is 4.62. The number of aryl methyl sites for hydroxylation is 1. The molecule has 4 rings (SSSR count). The van der Waals surface area contributed by atoms with Gasteiger partial charge in [-0.15, -0.1) is 11.3 Å². The van der Waals surface area contributed by atoms with Crippen LogP contribution in [0.5, 0.6) is 0 Å². The van der Waals surface area contributed by atoms with E-state index in [1.165, 1.54) is 0 Å². The van der Waals surface area contributed by atoms with Gasteiger partial charge in [-0.25, -0.2) is 4.98 Å². The minimum atomic E-state index is -0.201. The van der Waals surface area contributed by atoms with E-state index in [9.17, 15) is 4.79 Å². The van der Waals surface area contributed by atoms with Crippen molar-refractivity contribution >= 4 is 39.7 Å². The summed E-state index contributed by atoms with van der Waals surface area (Å²) >= 11 is 7.66. The zero-order chi connectivity index (χ0) is 20.9. The lowest BCUT2D eigenvalue weighted by Crippen LogP contribution is -2.17. The van der Waals surface area contributed by atoms with Gasteiger partial charge < -0.3 is 10.6 Å². The second-order valence-corrected chi connectivity index (χ2v) is 8.50. The van der Waals surface area contributed by atoms with E-state index in [1.54, 1.807) is 29.7 Å². The Morgan fingerprint density at radius 1 is 1.00 bits per heavy atom. The first kappa shape index (κ1) is 20.1. The Hall–Kier alpha value is -3.15. The van der Waals surface area contributed by atoms with Gasteiger partial charge in [0.05, 0.1) is 6.04 Å². The molecule has 0 fully saturated rings. The van der Waals surface area contributed by atoms with E-state index in [4.69, 9.17) is 11.6 Å². The fourth-order valence-electron chi connectivity index (χ4n) is 3.20. The number of thiophene rings is 1. The van der Waals surface area contributed by atoms with Crippen molar-refractivity contribution < 1.29 is 4.79 Å². The molecule has 0 aliphatic rings. The van der Waals surface area contributed by atoms with Crippen LogP contribution in [0, 0.1) is 6.92 Å². The molecule has 6 heteroatoms. The highest BCUT2D eigenvalue weighted by Gasteiger charge is 2.22. The fourth-order valence-corrected chi connectivity index (χ4v) is 4.27. The largest absolute Gasteiger partial charge is 0.359 e. The average molecular weight is 434 g/mol. The summed E-state index contributed by atoms with van der Waals surface area (Å²) in [5, 5.41) is 8.07. The lowest BCUT2D eigenvalue weighted by molar-refractivity contribution is 0.102. The molecular formula is C24H20ClN3OS. The molecule has 1 amide bonds. The molecule has 0 unspecified atom stereocenters. The topological polar surface area (TPSA) is 54.0 Å². The summed E-state index contributed by atoms with van der Waals surface area (Å²) in [5.41, 5.74) is 2.63. The van der Waals surface area contributed by atoms with Crippen LogP contribution in [0.25, 0.3) is 0 Å². The number of carbonyl (C=O) groups is 1. The molecule has 0 bridgehead atoms. The Kier molecular flexibility index (Phi) is 6.12. The van der Waals surface area contributed by atoms with Crippen molar-refractivity contribution in [2.75, 3.05) is 10.6 Å². The predicted octanol–water partition coefficient (Wildman–Crippen LogP) is 6.56. The Morgan fingerprint density at radius 3 is 2.43 bits per heavy atom. The Bertz CT molecular complexity index is 1130. The molecule has 0 aliphatic carbocycles. The number of aromatic nitrogens is 1. The van der Waals surface area contributed by atoms with E-state index in [-0.39, 0.29) is 11.9 Å². The minimum Gasteiger partial charge on any atom is -0.359 e. The number of pyridine rings is 1. The number of carbonyl (C=O) groups excluding carboxylic acids is 1. The van der Waals surface area contributed by atoms with Crippen molar-refractivity contribution in [3.05, 3.63) is 112 Å². The summed E-state index contributed by atoms with van der Waals surface area (Å²) in [6, 6.07) is 24.5. The van der Waals surface area contributed by atoms with Crippen LogP contribution in [0.4, 0.5) is 10.8 Å². The van der Waals surface area contributed by atoms with Gasteiger partial charge in [0, 0.05) is 27.2 Å². The predicted molar refractivity (Wildman–Crippen MR) is 125 cm³/mol. The molecule has 2 N–H and O–H groups in total. The van der Waals surface area contributed by atoms with Gasteiger partial charge in [0.15, 0.2) is 0 Å². The van der Waals surface area contributed by atoms with Crippen LogP contribution >= 0.6 is 22.9 Å². The second-order valence-electron chi connectivity index (χ2n) is 6.81. The van der Waals surface area contributed by atoms with E-state index in [0.717, 1.165) is 26.8 Å². The van der Waals surface area contributed by atoms with Crippen LogP contribution in [0.15, 0.2) is 85.1 Å². The molecule has 150 valence electrons. The Balaban J connectivity index is 1.71. The fraction of sp³-hybridized carbons (Fsp3) is 0.0833. The summed E-state index contributed by atoms with van der Waals surface area (Å²) in [4.78, 5) is 18.3. The lowest BCUT2D eigenvalue weighted by Gasteiger charge is -2.21. The van der Waals surface area contributed by atoms with Crippen LogP contribution in [0.2, 0.25) is 5.02 Å². The number of benzene rings is 2. The summed E-state index contributed by atoms with van der Waals surface area (Å²) in [6.07, 6.45) is 1.75. The standard InChI is InChI=1S/C24H20ClN3OS/c1-16-15-20(24(30-16)28-23(29)18-7-3-2-4-8-18)22(17-10-12-19(25)13-11-17)27-21-9-5-6-14-26-21/h2-15,22H,1H3,(H,26,27)(H,28,29)/t22-/m0/s1. The number of rotatable bonds is 6. The molecule has 0 radical (unpaired) electrons. The molecule has 0 aliphatic heterocycles. The lowest BCUT2D eigenvalue weighted by atomic mass is 10.00. The third-order valence-corrected chi connectivity index (χ3v) is 5.85. The highest BCUT2D eigenvalue weighted by molar-refractivity contribution is 7.16. The number of nitrogens with one attached hydrogen (secondary N) is 2. The van der Waals surface area contributed by atoms with Gasteiger partial charge in [-0.2, -0.15) is 0 Å². The van der Waals surface area contributed by atoms with Crippen molar-refractivity contribution in [3.8, 4) is 0 Å². The van der Waals surface area contributed by atoms with E-state index >= 15 is 0 Å². The SMILES string of the molecule is Cc1cc([C@@H](Nc2ccccn2)c2ccc(Cl)cc2)c(NC(=O)c2ccccc2)s1. The van der Waals surface area contributed by atoms with E-state index in [2.05, 4.69) is 21.7 Å². The summed E-state index contributed by atoms with van der Waals surface area (Å²) in [5.74, 6) is 0.619. The van der Waals surface area contributed by atoms with E-state index < -0.39 is 0 Å². The first-order valence-corrected chi connectivity index (χ1v) is 10.7. The van der Waals surface area contributed by atoms with Gasteiger partial charge in [0.1, 0.15) is 10.8 Å². The maximum Gasteiger partial charge on any atom is 0.256 e. The van der Waals surface area contributed by atoms with Gasteiger partial charge in [0.2, 0.25) is 0 Å². The summed E-state index contributed by atoms with van der Waals surface area (Å²) in [7, 11) is 0. The number of halogens is 1. The summed E-state index contributed by atoms with van der Waals surface area (Å²) in [6.45, 7) is 2.03. The quantitative estimate of drug-likeness (QED) is 0.362. The number of amides is 1. The van der Waals surface area contributed by atoms with Crippen molar-refractivity contribution in [2.24, 2.45) is 0 Å². The normalized spacial score (nSPS) is 11.7. The molecule has 30 heavy (non-hydrogen) atoms. The molecule has 4 aromatic rings. The highest BCUT2D eigenvalue weighted by atomic mass is 35.5. The first-order chi connectivity index (χ1) is 14.6. The van der Waals surface area contributed by atoms with Crippen molar-refractivity contribution in [1.82, 2.24) is 4.98 Å². The van der Waals surface area contributed by atoms with Gasteiger partial charge in [-0.3, -0.25) is 4.79 Å².